The Hall–Kier alpha value is -1.79. The molecule has 0 aliphatic rings. The number of nitrogens with two attached hydrogens (primary N) is 1. The highest BCUT2D eigenvalue weighted by molar-refractivity contribution is 5.64. The van der Waals surface area contributed by atoms with Crippen molar-refractivity contribution in [3.63, 3.8) is 0 Å². The Bertz CT molecular complexity index is 547. The van der Waals surface area contributed by atoms with Gasteiger partial charge in [-0.25, -0.2) is 9.97 Å². The van der Waals surface area contributed by atoms with Gasteiger partial charge in [-0.05, 0) is 19.4 Å². The first-order valence-corrected chi connectivity index (χ1v) is 5.27. The fourth-order valence-electron chi connectivity index (χ4n) is 1.78. The molecule has 0 radical (unpaired) electrons. The minimum absolute atomic E-state index is 0.547. The highest BCUT2D eigenvalue weighted by Crippen LogP contribution is 2.26. The number of hydrogen-bond donors (Lipinski definition) is 2. The van der Waals surface area contributed by atoms with Gasteiger partial charge >= 0.3 is 0 Å². The summed E-state index contributed by atoms with van der Waals surface area (Å²) in [6, 6.07) is 0. The van der Waals surface area contributed by atoms with Gasteiger partial charge in [-0.2, -0.15) is 5.10 Å². The fraction of sp³-hybridized carbons (Fsp3) is 0.364. The van der Waals surface area contributed by atoms with Crippen LogP contribution in [-0.4, -0.2) is 24.9 Å². The Morgan fingerprint density at radius 1 is 1.35 bits per heavy atom. The minimum Gasteiger partial charge on any atom is -0.373 e. The van der Waals surface area contributed by atoms with Crippen molar-refractivity contribution in [3.8, 4) is 11.3 Å². The second-order valence-corrected chi connectivity index (χ2v) is 3.96. The van der Waals surface area contributed by atoms with Crippen LogP contribution in [0.3, 0.4) is 0 Å². The molecule has 2 aromatic heterocycles. The van der Waals surface area contributed by atoms with Crippen molar-refractivity contribution in [2.24, 2.45) is 12.8 Å². The van der Waals surface area contributed by atoms with Gasteiger partial charge in [-0.15, -0.1) is 0 Å². The number of aliphatic hydroxyl groups is 1. The maximum Gasteiger partial charge on any atom is 0.145 e. The zero-order valence-electron chi connectivity index (χ0n) is 10.0. The summed E-state index contributed by atoms with van der Waals surface area (Å²) >= 11 is 0. The Balaban J connectivity index is 2.64. The number of rotatable bonds is 2. The lowest BCUT2D eigenvalue weighted by Gasteiger charge is -2.10. The van der Waals surface area contributed by atoms with E-state index >= 15 is 0 Å². The molecular weight excluding hydrogens is 218 g/mol. The van der Waals surface area contributed by atoms with Crippen LogP contribution in [0.1, 0.15) is 23.3 Å². The Morgan fingerprint density at radius 3 is 2.71 bits per heavy atom. The van der Waals surface area contributed by atoms with Crippen molar-refractivity contribution in [3.05, 3.63) is 29.5 Å². The molecule has 0 spiro atoms. The molecule has 6 heteroatoms. The molecule has 0 aromatic carbocycles. The average Bonchev–Trinajstić information content (AvgIpc) is 2.64. The third-order valence-corrected chi connectivity index (χ3v) is 2.61. The maximum absolute atomic E-state index is 9.57. The zero-order chi connectivity index (χ0) is 12.6. The Labute approximate surface area is 99.1 Å². The third kappa shape index (κ3) is 2.04. The van der Waals surface area contributed by atoms with Gasteiger partial charge in [0.25, 0.3) is 0 Å². The summed E-state index contributed by atoms with van der Waals surface area (Å²) in [6.45, 7) is 3.73. The van der Waals surface area contributed by atoms with Crippen molar-refractivity contribution in [2.75, 3.05) is 0 Å². The number of aryl methyl sites for hydroxylation is 3. The van der Waals surface area contributed by atoms with E-state index in [1.165, 1.54) is 0 Å². The molecule has 6 nitrogen and oxygen atoms in total. The molecule has 17 heavy (non-hydrogen) atoms. The van der Waals surface area contributed by atoms with Gasteiger partial charge in [-0.1, -0.05) is 0 Å². The summed E-state index contributed by atoms with van der Waals surface area (Å²) in [6.07, 6.45) is 2.32. The van der Waals surface area contributed by atoms with Crippen molar-refractivity contribution in [1.82, 2.24) is 19.7 Å². The second kappa shape index (κ2) is 4.23. The lowest BCUT2D eigenvalue weighted by Crippen LogP contribution is -2.15. The van der Waals surface area contributed by atoms with Crippen LogP contribution in [0, 0.1) is 13.8 Å². The summed E-state index contributed by atoms with van der Waals surface area (Å²) in [7, 11) is 1.73. The molecule has 0 fully saturated rings. The SMILES string of the molecule is Cc1ncc(C)c(-c2cnn(C)c2C(N)O)n1. The molecule has 0 saturated heterocycles. The number of aliphatic hydroxyl groups excluding tert-OH is 1. The summed E-state index contributed by atoms with van der Waals surface area (Å²) in [5.41, 5.74) is 8.50. The van der Waals surface area contributed by atoms with Crippen LogP contribution in [0.4, 0.5) is 0 Å². The first kappa shape index (κ1) is 11.7. The molecule has 2 rings (SSSR count). The lowest BCUT2D eigenvalue weighted by atomic mass is 10.1. The molecule has 1 atom stereocenters. The molecule has 90 valence electrons. The van der Waals surface area contributed by atoms with Gasteiger partial charge in [0.15, 0.2) is 0 Å². The molecule has 0 aliphatic heterocycles. The van der Waals surface area contributed by atoms with Crippen LogP contribution in [0.5, 0.6) is 0 Å². The standard InChI is InChI=1S/C11H15N5O/c1-6-4-13-7(2)15-9(6)8-5-14-16(3)10(8)11(12)17/h4-5,11,17H,12H2,1-3H3. The van der Waals surface area contributed by atoms with Gasteiger partial charge in [0.2, 0.25) is 0 Å². The van der Waals surface area contributed by atoms with Crippen molar-refractivity contribution < 1.29 is 5.11 Å². The number of nitrogens with zero attached hydrogens (tertiary/aromatic N) is 4. The molecule has 0 amide bonds. The topological polar surface area (TPSA) is 89.9 Å². The predicted octanol–water partition coefficient (Wildman–Crippen LogP) is 0.444. The normalized spacial score (nSPS) is 12.8. The Morgan fingerprint density at radius 2 is 2.06 bits per heavy atom. The highest BCUT2D eigenvalue weighted by Gasteiger charge is 2.18. The minimum atomic E-state index is -1.08. The van der Waals surface area contributed by atoms with Gasteiger partial charge in [-0.3, -0.25) is 4.68 Å². The first-order chi connectivity index (χ1) is 8.00. The summed E-state index contributed by atoms with van der Waals surface area (Å²) in [4.78, 5) is 8.48. The van der Waals surface area contributed by atoms with Crippen LogP contribution < -0.4 is 5.73 Å². The molecule has 2 aromatic rings. The van der Waals surface area contributed by atoms with Crippen molar-refractivity contribution >= 4 is 0 Å². The highest BCUT2D eigenvalue weighted by atomic mass is 16.3. The average molecular weight is 233 g/mol. The molecular formula is C11H15N5O. The van der Waals surface area contributed by atoms with Crippen LogP contribution in [0.2, 0.25) is 0 Å². The fourth-order valence-corrected chi connectivity index (χ4v) is 1.78. The van der Waals surface area contributed by atoms with E-state index in [2.05, 4.69) is 15.1 Å². The summed E-state index contributed by atoms with van der Waals surface area (Å²) < 4.78 is 1.55. The molecule has 3 N–H and O–H groups in total. The quantitative estimate of drug-likeness (QED) is 0.735. The van der Waals surface area contributed by atoms with Crippen LogP contribution in [0.25, 0.3) is 11.3 Å². The Kier molecular flexibility index (Phi) is 2.91. The van der Waals surface area contributed by atoms with Crippen LogP contribution in [-0.2, 0) is 7.05 Å². The van der Waals surface area contributed by atoms with E-state index in [-0.39, 0.29) is 0 Å². The molecule has 1 unspecified atom stereocenters. The molecule has 0 saturated carbocycles. The smallest absolute Gasteiger partial charge is 0.145 e. The monoisotopic (exact) mass is 233 g/mol. The first-order valence-electron chi connectivity index (χ1n) is 5.27. The van der Waals surface area contributed by atoms with Gasteiger partial charge in [0.1, 0.15) is 12.1 Å². The molecule has 2 heterocycles. The third-order valence-electron chi connectivity index (χ3n) is 2.61. The van der Waals surface area contributed by atoms with E-state index in [4.69, 9.17) is 5.73 Å². The second-order valence-electron chi connectivity index (χ2n) is 3.96. The van der Waals surface area contributed by atoms with Crippen LogP contribution in [0.15, 0.2) is 12.4 Å². The van der Waals surface area contributed by atoms with E-state index in [0.717, 1.165) is 16.8 Å². The predicted molar refractivity (Wildman–Crippen MR) is 62.9 cm³/mol. The maximum atomic E-state index is 9.57. The van der Waals surface area contributed by atoms with Gasteiger partial charge < -0.3 is 10.8 Å². The zero-order valence-corrected chi connectivity index (χ0v) is 10.0. The van der Waals surface area contributed by atoms with Crippen molar-refractivity contribution in [2.45, 2.75) is 20.1 Å². The van der Waals surface area contributed by atoms with E-state index in [0.29, 0.717) is 11.5 Å². The largest absolute Gasteiger partial charge is 0.373 e. The van der Waals surface area contributed by atoms with Crippen molar-refractivity contribution in [1.29, 1.82) is 0 Å². The van der Waals surface area contributed by atoms with E-state index in [1.807, 2.05) is 13.8 Å². The molecule has 0 aliphatic carbocycles. The van der Waals surface area contributed by atoms with Crippen LogP contribution >= 0.6 is 0 Å². The summed E-state index contributed by atoms with van der Waals surface area (Å²) in [5, 5.41) is 13.7. The van der Waals surface area contributed by atoms with E-state index in [9.17, 15) is 5.11 Å². The number of hydrogen-bond acceptors (Lipinski definition) is 5. The van der Waals surface area contributed by atoms with E-state index < -0.39 is 6.23 Å². The summed E-state index contributed by atoms with van der Waals surface area (Å²) in [5.74, 6) is 0.673. The van der Waals surface area contributed by atoms with E-state index in [1.54, 1.807) is 24.1 Å². The van der Waals surface area contributed by atoms with Gasteiger partial charge in [0.05, 0.1) is 17.6 Å². The van der Waals surface area contributed by atoms with Gasteiger partial charge in [0, 0.05) is 18.8 Å². The number of aromatic nitrogens is 4. The molecule has 0 bridgehead atoms. The lowest BCUT2D eigenvalue weighted by molar-refractivity contribution is 0.176.